The lowest BCUT2D eigenvalue weighted by atomic mass is 10.3. The molecule has 0 bridgehead atoms. The molecule has 0 aliphatic carbocycles. The van der Waals surface area contributed by atoms with Gasteiger partial charge in [0.2, 0.25) is 0 Å². The van der Waals surface area contributed by atoms with Gasteiger partial charge in [-0.05, 0) is 52.9 Å². The Morgan fingerprint density at radius 2 is 1.74 bits per heavy atom. The number of anilines is 1. The molecule has 0 saturated heterocycles. The first-order valence-corrected chi connectivity index (χ1v) is 7.69. The summed E-state index contributed by atoms with van der Waals surface area (Å²) in [6, 6.07) is 8.64. The Labute approximate surface area is 122 Å². The first-order chi connectivity index (χ1) is 8.90. The average Bonchev–Trinajstić information content (AvgIpc) is 2.33. The molecular weight excluding hydrogens is 387 g/mol. The predicted molar refractivity (Wildman–Crippen MR) is 76.3 cm³/mol. The number of sulfonamides is 1. The number of nitrogens with one attached hydrogen (secondary N) is 1. The van der Waals surface area contributed by atoms with Crippen molar-refractivity contribution >= 4 is 38.3 Å². The maximum atomic E-state index is 13.5. The molecule has 0 fully saturated rings. The summed E-state index contributed by atoms with van der Waals surface area (Å²) in [7, 11) is -4.03. The van der Waals surface area contributed by atoms with Gasteiger partial charge in [-0.2, -0.15) is 0 Å². The first-order valence-electron chi connectivity index (χ1n) is 5.12. The lowest BCUT2D eigenvalue weighted by molar-refractivity contribution is 0.570. The smallest absolute Gasteiger partial charge is 0.264 e. The molecule has 0 heterocycles. The topological polar surface area (TPSA) is 46.2 Å². The first kappa shape index (κ1) is 14.2. The van der Waals surface area contributed by atoms with Gasteiger partial charge in [-0.15, -0.1) is 0 Å². The van der Waals surface area contributed by atoms with Crippen LogP contribution >= 0.6 is 22.6 Å². The van der Waals surface area contributed by atoms with Gasteiger partial charge in [0.1, 0.15) is 16.5 Å². The Bertz CT molecular complexity index is 719. The molecule has 0 aliphatic heterocycles. The standard InChI is InChI=1S/C12H8F2INO2S/c13-8-5-6-11(10(15)7-8)16-19(17,18)12-4-2-1-3-9(12)14/h1-7,16H. The highest BCUT2D eigenvalue weighted by molar-refractivity contribution is 14.1. The fraction of sp³-hybridized carbons (Fsp3) is 0. The van der Waals surface area contributed by atoms with Crippen molar-refractivity contribution in [2.75, 3.05) is 4.72 Å². The summed E-state index contributed by atoms with van der Waals surface area (Å²) >= 11 is 1.79. The largest absolute Gasteiger partial charge is 0.278 e. The van der Waals surface area contributed by atoms with Crippen LogP contribution in [0.1, 0.15) is 0 Å². The lowest BCUT2D eigenvalue weighted by Gasteiger charge is -2.10. The predicted octanol–water partition coefficient (Wildman–Crippen LogP) is 3.37. The molecule has 0 unspecified atom stereocenters. The summed E-state index contributed by atoms with van der Waals surface area (Å²) in [4.78, 5) is -0.449. The molecule has 0 spiro atoms. The molecule has 2 aromatic carbocycles. The molecule has 0 amide bonds. The van der Waals surface area contributed by atoms with Crippen LogP contribution in [-0.4, -0.2) is 8.42 Å². The third-order valence-corrected chi connectivity index (χ3v) is 4.59. The highest BCUT2D eigenvalue weighted by atomic mass is 127. The lowest BCUT2D eigenvalue weighted by Crippen LogP contribution is -2.15. The van der Waals surface area contributed by atoms with Crippen molar-refractivity contribution in [1.29, 1.82) is 0 Å². The summed E-state index contributed by atoms with van der Waals surface area (Å²) in [5.41, 5.74) is 0.199. The van der Waals surface area contributed by atoms with Gasteiger partial charge in [-0.1, -0.05) is 12.1 Å². The molecule has 2 aromatic rings. The molecule has 100 valence electrons. The molecule has 3 nitrogen and oxygen atoms in total. The molecule has 0 saturated carbocycles. The quantitative estimate of drug-likeness (QED) is 0.811. The Hall–Kier alpha value is -1.22. The summed E-state index contributed by atoms with van der Waals surface area (Å²) in [5.74, 6) is -1.31. The summed E-state index contributed by atoms with van der Waals surface area (Å²) in [6.07, 6.45) is 0. The van der Waals surface area contributed by atoms with Crippen LogP contribution in [0.5, 0.6) is 0 Å². The van der Waals surface area contributed by atoms with Crippen molar-refractivity contribution in [1.82, 2.24) is 0 Å². The third-order valence-electron chi connectivity index (χ3n) is 2.30. The number of halogens is 3. The number of hydrogen-bond acceptors (Lipinski definition) is 2. The van der Waals surface area contributed by atoms with E-state index in [1.54, 1.807) is 22.6 Å². The molecular formula is C12H8F2INO2S. The van der Waals surface area contributed by atoms with E-state index in [0.717, 1.165) is 18.2 Å². The van der Waals surface area contributed by atoms with E-state index in [-0.39, 0.29) is 5.69 Å². The molecule has 7 heteroatoms. The van der Waals surface area contributed by atoms with Crippen molar-refractivity contribution in [3.8, 4) is 0 Å². The van der Waals surface area contributed by atoms with Crippen molar-refractivity contribution in [3.05, 3.63) is 57.7 Å². The van der Waals surface area contributed by atoms with Crippen LogP contribution in [0, 0.1) is 15.2 Å². The molecule has 1 N–H and O–H groups in total. The average molecular weight is 395 g/mol. The number of rotatable bonds is 3. The van der Waals surface area contributed by atoms with Crippen LogP contribution in [0.4, 0.5) is 14.5 Å². The van der Waals surface area contributed by atoms with Gasteiger partial charge in [0.15, 0.2) is 0 Å². The van der Waals surface area contributed by atoms with Crippen molar-refractivity contribution in [3.63, 3.8) is 0 Å². The van der Waals surface area contributed by atoms with Gasteiger partial charge in [0.25, 0.3) is 10.0 Å². The summed E-state index contributed by atoms with van der Waals surface area (Å²) in [5, 5.41) is 0. The Morgan fingerprint density at radius 3 is 2.37 bits per heavy atom. The van der Waals surface area contributed by atoms with Gasteiger partial charge in [-0.25, -0.2) is 17.2 Å². The summed E-state index contributed by atoms with van der Waals surface area (Å²) in [6.45, 7) is 0. The van der Waals surface area contributed by atoms with Gasteiger partial charge in [0, 0.05) is 3.57 Å². The van der Waals surface area contributed by atoms with E-state index in [2.05, 4.69) is 4.72 Å². The van der Waals surface area contributed by atoms with Crippen LogP contribution in [0.3, 0.4) is 0 Å². The molecule has 2 rings (SSSR count). The minimum absolute atomic E-state index is 0.199. The zero-order valence-corrected chi connectivity index (χ0v) is 12.4. The monoisotopic (exact) mass is 395 g/mol. The van der Waals surface area contributed by atoms with Gasteiger partial charge >= 0.3 is 0 Å². The number of hydrogen-bond donors (Lipinski definition) is 1. The van der Waals surface area contributed by atoms with Crippen LogP contribution < -0.4 is 4.72 Å². The van der Waals surface area contributed by atoms with E-state index in [9.17, 15) is 17.2 Å². The van der Waals surface area contributed by atoms with E-state index >= 15 is 0 Å². The van der Waals surface area contributed by atoms with Crippen LogP contribution in [-0.2, 0) is 10.0 Å². The van der Waals surface area contributed by atoms with E-state index in [1.807, 2.05) is 0 Å². The Kier molecular flexibility index (Phi) is 4.04. The fourth-order valence-electron chi connectivity index (χ4n) is 1.43. The van der Waals surface area contributed by atoms with Gasteiger partial charge in [-0.3, -0.25) is 4.72 Å². The maximum Gasteiger partial charge on any atom is 0.264 e. The van der Waals surface area contributed by atoms with Crippen LogP contribution in [0.25, 0.3) is 0 Å². The van der Waals surface area contributed by atoms with Crippen molar-refractivity contribution < 1.29 is 17.2 Å². The SMILES string of the molecule is O=S(=O)(Nc1ccc(F)cc1I)c1ccccc1F. The second-order valence-electron chi connectivity index (χ2n) is 3.66. The highest BCUT2D eigenvalue weighted by Crippen LogP contribution is 2.23. The van der Waals surface area contributed by atoms with Gasteiger partial charge in [0.05, 0.1) is 5.69 Å². The third kappa shape index (κ3) is 3.21. The molecule has 0 aromatic heterocycles. The molecule has 0 atom stereocenters. The normalized spacial score (nSPS) is 11.3. The molecule has 19 heavy (non-hydrogen) atoms. The van der Waals surface area contributed by atoms with Crippen molar-refractivity contribution in [2.45, 2.75) is 4.90 Å². The van der Waals surface area contributed by atoms with E-state index < -0.39 is 26.6 Å². The Morgan fingerprint density at radius 1 is 1.05 bits per heavy atom. The van der Waals surface area contributed by atoms with Crippen molar-refractivity contribution in [2.24, 2.45) is 0 Å². The van der Waals surface area contributed by atoms with E-state index in [1.165, 1.54) is 24.3 Å². The minimum atomic E-state index is -4.03. The second kappa shape index (κ2) is 5.41. The minimum Gasteiger partial charge on any atom is -0.278 e. The molecule has 0 aliphatic rings. The van der Waals surface area contributed by atoms with Gasteiger partial charge < -0.3 is 0 Å². The fourth-order valence-corrected chi connectivity index (χ4v) is 3.39. The zero-order chi connectivity index (χ0) is 14.0. The Balaban J connectivity index is 2.40. The summed E-state index contributed by atoms with van der Waals surface area (Å²) < 4.78 is 53.0. The highest BCUT2D eigenvalue weighted by Gasteiger charge is 2.19. The molecule has 0 radical (unpaired) electrons. The second-order valence-corrected chi connectivity index (χ2v) is 6.47. The zero-order valence-electron chi connectivity index (χ0n) is 9.40. The maximum absolute atomic E-state index is 13.5. The van der Waals surface area contributed by atoms with E-state index in [0.29, 0.717) is 3.57 Å². The number of benzene rings is 2. The van der Waals surface area contributed by atoms with Crippen LogP contribution in [0.15, 0.2) is 47.4 Å². The van der Waals surface area contributed by atoms with Crippen LogP contribution in [0.2, 0.25) is 0 Å². The van der Waals surface area contributed by atoms with E-state index in [4.69, 9.17) is 0 Å².